The molecule has 0 radical (unpaired) electrons. The normalized spacial score (nSPS) is 21.1. The van der Waals surface area contributed by atoms with E-state index in [4.69, 9.17) is 0 Å². The van der Waals surface area contributed by atoms with E-state index in [2.05, 4.69) is 10.2 Å². The summed E-state index contributed by atoms with van der Waals surface area (Å²) in [6.07, 6.45) is 0.531. The molecule has 2 aliphatic heterocycles. The highest BCUT2D eigenvalue weighted by Crippen LogP contribution is 2.29. The van der Waals surface area contributed by atoms with Crippen LogP contribution in [0.25, 0.3) is 0 Å². The molecule has 2 aromatic rings. The van der Waals surface area contributed by atoms with Gasteiger partial charge in [0.05, 0.1) is 6.04 Å². The van der Waals surface area contributed by atoms with Crippen molar-refractivity contribution in [2.24, 2.45) is 0 Å². The molecule has 7 nitrogen and oxygen atoms in total. The van der Waals surface area contributed by atoms with Crippen LogP contribution >= 0.6 is 0 Å². The largest absolute Gasteiger partial charge is 0.353 e. The van der Waals surface area contributed by atoms with Gasteiger partial charge < -0.3 is 9.80 Å². The Morgan fingerprint density at radius 3 is 2.30 bits per heavy atom. The van der Waals surface area contributed by atoms with Gasteiger partial charge in [0.25, 0.3) is 5.56 Å². The maximum Gasteiger partial charge on any atom is 0.264 e. The first kappa shape index (κ1) is 17.6. The molecule has 0 aliphatic carbocycles. The third-order valence-corrected chi connectivity index (χ3v) is 5.13. The van der Waals surface area contributed by atoms with Gasteiger partial charge in [0.15, 0.2) is 0 Å². The van der Waals surface area contributed by atoms with E-state index in [0.29, 0.717) is 45.0 Å². The molecule has 1 aromatic heterocycles. The van der Waals surface area contributed by atoms with E-state index in [0.717, 1.165) is 12.1 Å². The van der Waals surface area contributed by atoms with Crippen LogP contribution in [-0.2, 0) is 4.79 Å². The molecule has 1 N–H and O–H groups in total. The standard InChI is InChI=1S/C18H19F2N5O2/c19-12-2-1-3-13(20)17(12)25-7-6-14(18(25)27)23-8-10-24(11-9-23)15-4-5-16(26)22-21-15/h1-5,14H,6-11H2,(H,22,26). The monoisotopic (exact) mass is 375 g/mol. The average molecular weight is 375 g/mol. The summed E-state index contributed by atoms with van der Waals surface area (Å²) >= 11 is 0. The Morgan fingerprint density at radius 1 is 0.963 bits per heavy atom. The second-order valence-electron chi connectivity index (χ2n) is 6.67. The second kappa shape index (κ2) is 7.07. The number of carbonyl (C=O) groups is 1. The smallest absolute Gasteiger partial charge is 0.264 e. The number of nitrogens with one attached hydrogen (secondary N) is 1. The average Bonchev–Trinajstić information content (AvgIpc) is 3.04. The summed E-state index contributed by atoms with van der Waals surface area (Å²) in [6, 6.07) is 6.32. The number of H-pyrrole nitrogens is 1. The van der Waals surface area contributed by atoms with E-state index in [1.165, 1.54) is 17.0 Å². The predicted octanol–water partition coefficient (Wildman–Crippen LogP) is 0.976. The summed E-state index contributed by atoms with van der Waals surface area (Å²) in [5.74, 6) is -1.03. The number of hydrogen-bond donors (Lipinski definition) is 1. The minimum absolute atomic E-state index is 0.255. The summed E-state index contributed by atoms with van der Waals surface area (Å²) in [4.78, 5) is 29.2. The van der Waals surface area contributed by atoms with Crippen molar-refractivity contribution < 1.29 is 13.6 Å². The molecule has 1 unspecified atom stereocenters. The minimum atomic E-state index is -0.724. The number of benzene rings is 1. The molecule has 3 heterocycles. The molecule has 0 saturated carbocycles. The first-order valence-corrected chi connectivity index (χ1v) is 8.85. The molecule has 2 saturated heterocycles. The van der Waals surface area contributed by atoms with Gasteiger partial charge in [-0.25, -0.2) is 13.9 Å². The Balaban J connectivity index is 1.43. The summed E-state index contributed by atoms with van der Waals surface area (Å²) in [7, 11) is 0. The van der Waals surface area contributed by atoms with Crippen LogP contribution in [0.5, 0.6) is 0 Å². The number of aromatic nitrogens is 2. The molecule has 1 atom stereocenters. The maximum atomic E-state index is 14.0. The van der Waals surface area contributed by atoms with Crippen molar-refractivity contribution in [3.8, 4) is 0 Å². The second-order valence-corrected chi connectivity index (χ2v) is 6.67. The van der Waals surface area contributed by atoms with Crippen molar-refractivity contribution in [3.05, 3.63) is 52.3 Å². The first-order valence-electron chi connectivity index (χ1n) is 8.85. The number of halogens is 2. The number of carbonyl (C=O) groups excluding carboxylic acids is 1. The fourth-order valence-electron chi connectivity index (χ4n) is 3.75. The number of aromatic amines is 1. The molecule has 0 spiro atoms. The fraction of sp³-hybridized carbons (Fsp3) is 0.389. The van der Waals surface area contributed by atoms with Crippen molar-refractivity contribution in [1.29, 1.82) is 0 Å². The fourth-order valence-corrected chi connectivity index (χ4v) is 3.75. The Morgan fingerprint density at radius 2 is 1.67 bits per heavy atom. The van der Waals surface area contributed by atoms with Crippen molar-refractivity contribution in [1.82, 2.24) is 15.1 Å². The Bertz CT molecular complexity index is 870. The molecule has 1 aromatic carbocycles. The lowest BCUT2D eigenvalue weighted by Gasteiger charge is -2.37. The third kappa shape index (κ3) is 3.30. The molecule has 1 amide bonds. The number of anilines is 2. The van der Waals surface area contributed by atoms with Gasteiger partial charge in [-0.15, -0.1) is 0 Å². The molecule has 4 rings (SSSR count). The number of rotatable bonds is 3. The molecule has 9 heteroatoms. The zero-order valence-electron chi connectivity index (χ0n) is 14.6. The summed E-state index contributed by atoms with van der Waals surface area (Å²) in [6.45, 7) is 2.85. The van der Waals surface area contributed by atoms with Gasteiger partial charge in [0.2, 0.25) is 5.91 Å². The van der Waals surface area contributed by atoms with Crippen LogP contribution in [0.4, 0.5) is 20.3 Å². The van der Waals surface area contributed by atoms with Crippen molar-refractivity contribution >= 4 is 17.4 Å². The minimum Gasteiger partial charge on any atom is -0.353 e. The Kier molecular flexibility index (Phi) is 4.61. The van der Waals surface area contributed by atoms with E-state index in [-0.39, 0.29) is 23.2 Å². The van der Waals surface area contributed by atoms with Crippen molar-refractivity contribution in [3.63, 3.8) is 0 Å². The summed E-state index contributed by atoms with van der Waals surface area (Å²) in [5, 5.41) is 6.43. The zero-order valence-corrected chi connectivity index (χ0v) is 14.6. The zero-order chi connectivity index (χ0) is 19.0. The Labute approximate surface area is 154 Å². The molecular formula is C18H19F2N5O2. The number of piperazine rings is 1. The number of para-hydroxylation sites is 1. The van der Waals surface area contributed by atoms with E-state index in [9.17, 15) is 18.4 Å². The quantitative estimate of drug-likeness (QED) is 0.866. The lowest BCUT2D eigenvalue weighted by Crippen LogP contribution is -2.53. The summed E-state index contributed by atoms with van der Waals surface area (Å²) < 4.78 is 28.1. The van der Waals surface area contributed by atoms with Gasteiger partial charge in [-0.3, -0.25) is 14.5 Å². The van der Waals surface area contributed by atoms with Crippen LogP contribution in [0.2, 0.25) is 0 Å². The lowest BCUT2D eigenvalue weighted by atomic mass is 10.2. The molecule has 142 valence electrons. The van der Waals surface area contributed by atoms with Gasteiger partial charge in [0.1, 0.15) is 23.1 Å². The van der Waals surface area contributed by atoms with Crippen LogP contribution in [0.1, 0.15) is 6.42 Å². The lowest BCUT2D eigenvalue weighted by molar-refractivity contribution is -0.121. The highest BCUT2D eigenvalue weighted by molar-refractivity contribution is 5.99. The Hall–Kier alpha value is -2.81. The van der Waals surface area contributed by atoms with E-state index in [1.807, 2.05) is 9.80 Å². The van der Waals surface area contributed by atoms with E-state index < -0.39 is 11.6 Å². The molecule has 2 fully saturated rings. The maximum absolute atomic E-state index is 14.0. The van der Waals surface area contributed by atoms with Crippen molar-refractivity contribution in [2.45, 2.75) is 12.5 Å². The molecular weight excluding hydrogens is 356 g/mol. The third-order valence-electron chi connectivity index (χ3n) is 5.13. The van der Waals surface area contributed by atoms with E-state index in [1.54, 1.807) is 6.07 Å². The van der Waals surface area contributed by atoms with Crippen LogP contribution in [0, 0.1) is 11.6 Å². The van der Waals surface area contributed by atoms with Gasteiger partial charge in [-0.1, -0.05) is 6.07 Å². The summed E-state index contributed by atoms with van der Waals surface area (Å²) in [5.41, 5.74) is -0.518. The number of hydrogen-bond acceptors (Lipinski definition) is 5. The number of amides is 1. The first-order chi connectivity index (χ1) is 13.0. The molecule has 0 bridgehead atoms. The van der Waals surface area contributed by atoms with Crippen LogP contribution < -0.4 is 15.4 Å². The van der Waals surface area contributed by atoms with Gasteiger partial charge >= 0.3 is 0 Å². The number of nitrogens with zero attached hydrogens (tertiary/aromatic N) is 4. The SMILES string of the molecule is O=C1C(N2CCN(c3ccc(=O)[nH]n3)CC2)CCN1c1c(F)cccc1F. The van der Waals surface area contributed by atoms with Crippen LogP contribution in [-0.4, -0.2) is 59.8 Å². The van der Waals surface area contributed by atoms with Gasteiger partial charge in [-0.2, -0.15) is 5.10 Å². The van der Waals surface area contributed by atoms with Crippen LogP contribution in [0.15, 0.2) is 35.1 Å². The van der Waals surface area contributed by atoms with Gasteiger partial charge in [-0.05, 0) is 24.6 Å². The van der Waals surface area contributed by atoms with Crippen molar-refractivity contribution in [2.75, 3.05) is 42.5 Å². The van der Waals surface area contributed by atoms with Gasteiger partial charge in [0, 0.05) is 38.8 Å². The topological polar surface area (TPSA) is 72.5 Å². The predicted molar refractivity (Wildman–Crippen MR) is 95.8 cm³/mol. The van der Waals surface area contributed by atoms with E-state index >= 15 is 0 Å². The molecule has 27 heavy (non-hydrogen) atoms. The van der Waals surface area contributed by atoms with Crippen LogP contribution in [0.3, 0.4) is 0 Å². The molecule has 2 aliphatic rings. The highest BCUT2D eigenvalue weighted by atomic mass is 19.1. The highest BCUT2D eigenvalue weighted by Gasteiger charge is 2.39.